The van der Waals surface area contributed by atoms with Gasteiger partial charge in [0.15, 0.2) is 0 Å². The van der Waals surface area contributed by atoms with Crippen LogP contribution in [0.5, 0.6) is 0 Å². The molecule has 208 valence electrons. The second-order valence-electron chi connectivity index (χ2n) is 10.9. The largest absolute Gasteiger partial charge is 0.322 e. The zero-order chi connectivity index (χ0) is 29.0. The summed E-state index contributed by atoms with van der Waals surface area (Å²) >= 11 is 1.73. The molecule has 6 heteroatoms. The average Bonchev–Trinajstić information content (AvgIpc) is 3.90. The molecule has 0 atom stereocenters. The highest BCUT2D eigenvalue weighted by molar-refractivity contribution is 7.21. The van der Waals surface area contributed by atoms with E-state index in [1.54, 1.807) is 11.3 Å². The predicted molar refractivity (Wildman–Crippen MR) is 181 cm³/mol. The van der Waals surface area contributed by atoms with Crippen LogP contribution >= 0.6 is 11.3 Å². The summed E-state index contributed by atoms with van der Waals surface area (Å²) in [4.78, 5) is 9.85. The van der Waals surface area contributed by atoms with Crippen LogP contribution in [0.2, 0.25) is 0 Å². The minimum Gasteiger partial charge on any atom is -0.322 e. The Labute approximate surface area is 257 Å². The Morgan fingerprint density at radius 3 is 2.11 bits per heavy atom. The standard InChI is InChI=1S/C38H25N5S/c1-3-11-33-29(9-1)30-16-13-27(38-40-32-10-2-4-12-37(32)44-38)24-35(30)43(33)36-23-26(14-18-34(36)42-21-7-8-22-42)31-17-15-28(25-39-31)41-19-5-6-20-41/h1-25H. The van der Waals surface area contributed by atoms with E-state index in [0.29, 0.717) is 0 Å². The Balaban J connectivity index is 1.28. The van der Waals surface area contributed by atoms with Crippen LogP contribution in [0.4, 0.5) is 0 Å². The molecule has 0 saturated heterocycles. The SMILES string of the molecule is c1ccc2sc(-c3ccc4c5ccccc5n(-c5cc(-c6ccc(-n7cccc7)cn6)ccc5-n5cccc5)c4c3)nc2c1. The van der Waals surface area contributed by atoms with Gasteiger partial charge in [-0.3, -0.25) is 4.98 Å². The van der Waals surface area contributed by atoms with Gasteiger partial charge in [0, 0.05) is 46.7 Å². The van der Waals surface area contributed by atoms with E-state index in [-0.39, 0.29) is 0 Å². The van der Waals surface area contributed by atoms with E-state index in [0.717, 1.165) is 55.4 Å². The molecule has 0 aliphatic rings. The van der Waals surface area contributed by atoms with Gasteiger partial charge in [-0.1, -0.05) is 48.5 Å². The van der Waals surface area contributed by atoms with E-state index >= 15 is 0 Å². The van der Waals surface area contributed by atoms with Gasteiger partial charge in [-0.2, -0.15) is 0 Å². The van der Waals surface area contributed by atoms with Crippen LogP contribution < -0.4 is 0 Å². The van der Waals surface area contributed by atoms with Gasteiger partial charge in [-0.05, 0) is 72.8 Å². The first kappa shape index (κ1) is 24.8. The molecule has 0 unspecified atom stereocenters. The maximum Gasteiger partial charge on any atom is 0.124 e. The number of aromatic nitrogens is 5. The van der Waals surface area contributed by atoms with E-state index < -0.39 is 0 Å². The molecule has 5 aromatic heterocycles. The minimum absolute atomic E-state index is 0.928. The molecule has 0 saturated carbocycles. The monoisotopic (exact) mass is 583 g/mol. The molecular weight excluding hydrogens is 559 g/mol. The van der Waals surface area contributed by atoms with Crippen molar-refractivity contribution in [2.24, 2.45) is 0 Å². The normalized spacial score (nSPS) is 11.6. The summed E-state index contributed by atoms with van der Waals surface area (Å²) in [5.41, 5.74) is 9.65. The van der Waals surface area contributed by atoms with Crippen LogP contribution in [0, 0.1) is 0 Å². The highest BCUT2D eigenvalue weighted by atomic mass is 32.1. The second kappa shape index (κ2) is 9.93. The van der Waals surface area contributed by atoms with Crippen LogP contribution in [-0.2, 0) is 0 Å². The number of thiazole rings is 1. The lowest BCUT2D eigenvalue weighted by Gasteiger charge is -2.17. The number of rotatable bonds is 5. The summed E-state index contributed by atoms with van der Waals surface area (Å²) in [5.74, 6) is 0. The summed E-state index contributed by atoms with van der Waals surface area (Å²) in [6.07, 6.45) is 10.2. The second-order valence-corrected chi connectivity index (χ2v) is 11.9. The molecule has 4 aromatic carbocycles. The molecule has 0 amide bonds. The van der Waals surface area contributed by atoms with Crippen molar-refractivity contribution in [3.8, 4) is 38.9 Å². The summed E-state index contributed by atoms with van der Waals surface area (Å²) in [6, 6.07) is 42.8. The fourth-order valence-corrected chi connectivity index (χ4v) is 7.11. The van der Waals surface area contributed by atoms with Crippen molar-refractivity contribution < 1.29 is 0 Å². The van der Waals surface area contributed by atoms with Crippen LogP contribution in [0.25, 0.3) is 70.9 Å². The Morgan fingerprint density at radius 2 is 1.30 bits per heavy atom. The average molecular weight is 584 g/mol. The third-order valence-corrected chi connectivity index (χ3v) is 9.35. The zero-order valence-electron chi connectivity index (χ0n) is 23.6. The lowest BCUT2D eigenvalue weighted by atomic mass is 10.1. The maximum absolute atomic E-state index is 4.98. The number of hydrogen-bond donors (Lipinski definition) is 0. The molecule has 44 heavy (non-hydrogen) atoms. The number of pyridine rings is 1. The highest BCUT2D eigenvalue weighted by Gasteiger charge is 2.18. The molecule has 0 aliphatic carbocycles. The Hall–Kier alpha value is -5.72. The van der Waals surface area contributed by atoms with Crippen LogP contribution in [0.1, 0.15) is 0 Å². The number of fused-ring (bicyclic) bond motifs is 4. The van der Waals surface area contributed by atoms with Crippen LogP contribution in [-0.4, -0.2) is 23.7 Å². The van der Waals surface area contributed by atoms with Crippen LogP contribution in [0.3, 0.4) is 0 Å². The molecule has 9 rings (SSSR count). The Morgan fingerprint density at radius 1 is 0.545 bits per heavy atom. The molecule has 9 aromatic rings. The molecule has 0 aliphatic heterocycles. The van der Waals surface area contributed by atoms with Gasteiger partial charge in [-0.25, -0.2) is 4.98 Å². The van der Waals surface area contributed by atoms with Crippen molar-refractivity contribution >= 4 is 43.4 Å². The van der Waals surface area contributed by atoms with Crippen LogP contribution in [0.15, 0.2) is 152 Å². The first-order valence-corrected chi connectivity index (χ1v) is 15.4. The lowest BCUT2D eigenvalue weighted by molar-refractivity contribution is 1.04. The highest BCUT2D eigenvalue weighted by Crippen LogP contribution is 2.39. The number of benzene rings is 4. The van der Waals surface area contributed by atoms with E-state index in [9.17, 15) is 0 Å². The Kier molecular flexibility index (Phi) is 5.61. The first-order valence-electron chi connectivity index (χ1n) is 14.6. The minimum atomic E-state index is 0.928. The predicted octanol–water partition coefficient (Wildman–Crippen LogP) is 9.70. The van der Waals surface area contributed by atoms with Crippen molar-refractivity contribution in [3.05, 3.63) is 152 Å². The Bertz CT molecular complexity index is 2400. The van der Waals surface area contributed by atoms with E-state index in [1.807, 2.05) is 36.8 Å². The quantitative estimate of drug-likeness (QED) is 0.202. The summed E-state index contributed by atoms with van der Waals surface area (Å²) in [5, 5.41) is 3.45. The fraction of sp³-hybridized carbons (Fsp3) is 0. The lowest BCUT2D eigenvalue weighted by Crippen LogP contribution is -2.03. The third-order valence-electron chi connectivity index (χ3n) is 8.26. The summed E-state index contributed by atoms with van der Waals surface area (Å²) in [6.45, 7) is 0. The van der Waals surface area contributed by atoms with Crippen molar-refractivity contribution in [2.45, 2.75) is 0 Å². The molecule has 0 bridgehead atoms. The molecule has 0 N–H and O–H groups in total. The summed E-state index contributed by atoms with van der Waals surface area (Å²) in [7, 11) is 0. The van der Waals surface area contributed by atoms with E-state index in [4.69, 9.17) is 9.97 Å². The van der Waals surface area contributed by atoms with Crippen molar-refractivity contribution in [1.29, 1.82) is 0 Å². The van der Waals surface area contributed by atoms with Crippen molar-refractivity contribution in [3.63, 3.8) is 0 Å². The molecule has 0 radical (unpaired) electrons. The van der Waals surface area contributed by atoms with Gasteiger partial charge >= 0.3 is 0 Å². The third kappa shape index (κ3) is 4.00. The first-order chi connectivity index (χ1) is 21.8. The van der Waals surface area contributed by atoms with Gasteiger partial charge in [0.2, 0.25) is 0 Å². The zero-order valence-corrected chi connectivity index (χ0v) is 24.4. The van der Waals surface area contributed by atoms with Gasteiger partial charge in [0.05, 0.1) is 50.2 Å². The van der Waals surface area contributed by atoms with Crippen molar-refractivity contribution in [1.82, 2.24) is 23.7 Å². The molecule has 5 heterocycles. The van der Waals surface area contributed by atoms with Gasteiger partial charge in [0.25, 0.3) is 0 Å². The fourth-order valence-electron chi connectivity index (χ4n) is 6.15. The van der Waals surface area contributed by atoms with Gasteiger partial charge < -0.3 is 13.7 Å². The molecule has 0 spiro atoms. The maximum atomic E-state index is 4.98. The van der Waals surface area contributed by atoms with E-state index in [2.05, 4.69) is 129 Å². The number of para-hydroxylation sites is 2. The van der Waals surface area contributed by atoms with Gasteiger partial charge in [-0.15, -0.1) is 11.3 Å². The van der Waals surface area contributed by atoms with Gasteiger partial charge in [0.1, 0.15) is 5.01 Å². The van der Waals surface area contributed by atoms with E-state index in [1.165, 1.54) is 15.5 Å². The number of nitrogens with zero attached hydrogens (tertiary/aromatic N) is 5. The smallest absolute Gasteiger partial charge is 0.124 e. The molecular formula is C38H25N5S. The molecule has 5 nitrogen and oxygen atoms in total. The summed E-state index contributed by atoms with van der Waals surface area (Å²) < 4.78 is 7.84. The number of hydrogen-bond acceptors (Lipinski definition) is 3. The van der Waals surface area contributed by atoms with Crippen molar-refractivity contribution in [2.75, 3.05) is 0 Å². The topological polar surface area (TPSA) is 40.6 Å². The molecule has 0 fully saturated rings.